The Morgan fingerprint density at radius 2 is 1.78 bits per heavy atom. The minimum atomic E-state index is -0.747. The summed E-state index contributed by atoms with van der Waals surface area (Å²) in [7, 11) is 0. The van der Waals surface area contributed by atoms with E-state index in [9.17, 15) is 4.79 Å². The van der Waals surface area contributed by atoms with Crippen LogP contribution in [0.1, 0.15) is 6.42 Å². The summed E-state index contributed by atoms with van der Waals surface area (Å²) in [6.07, 6.45) is 0.203. The zero-order valence-electron chi connectivity index (χ0n) is 4.27. The van der Waals surface area contributed by atoms with Crippen molar-refractivity contribution in [2.45, 2.75) is 5.86 Å². The summed E-state index contributed by atoms with van der Waals surface area (Å²) >= 11 is 6.25. The van der Waals surface area contributed by atoms with E-state index >= 15 is 0 Å². The third-order valence-electron chi connectivity index (χ3n) is 0.352. The summed E-state index contributed by atoms with van der Waals surface area (Å²) in [6, 6.07) is 0. The van der Waals surface area contributed by atoms with E-state index in [2.05, 4.69) is 67.8 Å². The zero-order valence-corrected chi connectivity index (χ0v) is 15.2. The monoisotopic (exact) mass is 657 g/mol. The first-order chi connectivity index (χ1) is 3.42. The molecule has 0 heterocycles. The van der Waals surface area contributed by atoms with Crippen LogP contribution in [0.15, 0.2) is 0 Å². The van der Waals surface area contributed by atoms with Gasteiger partial charge in [0.25, 0.3) is 0 Å². The Hall–Kier alpha value is 2.58. The van der Waals surface area contributed by atoms with E-state index in [0.717, 1.165) is 0 Å². The first-order valence-corrected chi connectivity index (χ1v) is 4.94. The van der Waals surface area contributed by atoms with Gasteiger partial charge in [0, 0.05) is 27.3 Å². The maximum atomic E-state index is 10.0. The molecular formula is C3H3I3O2Tl. The normalized spacial score (nSPS) is 10.1. The molecule has 0 fully saturated rings. The fourth-order valence-corrected chi connectivity index (χ4v) is 1.15. The van der Waals surface area contributed by atoms with Crippen LogP contribution in [0.4, 0.5) is 0 Å². The van der Waals surface area contributed by atoms with E-state index < -0.39 is 5.97 Å². The van der Waals surface area contributed by atoms with Gasteiger partial charge in [0.05, 0.1) is 6.42 Å². The van der Waals surface area contributed by atoms with Crippen LogP contribution in [-0.4, -0.2) is 37.8 Å². The minimum absolute atomic E-state index is 0. The first kappa shape index (κ1) is 14.1. The molecule has 0 aliphatic heterocycles. The number of rotatable bonds is 2. The topological polar surface area (TPSA) is 37.3 Å². The summed E-state index contributed by atoms with van der Waals surface area (Å²) in [6.45, 7) is 0. The van der Waals surface area contributed by atoms with Gasteiger partial charge >= 0.3 is 5.97 Å². The smallest absolute Gasteiger partial charge is 0.306 e. The molecule has 0 rings (SSSR count). The molecule has 0 aromatic heterocycles. The van der Waals surface area contributed by atoms with Gasteiger partial charge in [-0.2, -0.15) is 0 Å². The average Bonchev–Trinajstić information content (AvgIpc) is 1.21. The van der Waals surface area contributed by atoms with Crippen molar-refractivity contribution in [3.63, 3.8) is 0 Å². The summed E-state index contributed by atoms with van der Waals surface area (Å²) in [4.78, 5) is 10.0. The largest absolute Gasteiger partial charge is 0.481 e. The van der Waals surface area contributed by atoms with E-state index in [1.54, 1.807) is 0 Å². The number of carboxylic acid groups (broad SMARTS) is 1. The van der Waals surface area contributed by atoms with Crippen LogP contribution >= 0.6 is 67.8 Å². The van der Waals surface area contributed by atoms with E-state index in [1.165, 1.54) is 0 Å². The molecule has 0 aliphatic rings. The van der Waals surface area contributed by atoms with Gasteiger partial charge in [-0.15, -0.1) is 0 Å². The predicted molar refractivity (Wildman–Crippen MR) is 62.8 cm³/mol. The molecule has 51 valence electrons. The summed E-state index contributed by atoms with van der Waals surface area (Å²) < 4.78 is -0.168. The average molecular weight is 656 g/mol. The quantitative estimate of drug-likeness (QED) is 0.281. The maximum absolute atomic E-state index is 10.0. The van der Waals surface area contributed by atoms with E-state index in [-0.39, 0.29) is 33.2 Å². The third-order valence-corrected chi connectivity index (χ3v) is 1.50. The fraction of sp³-hybridized carbons (Fsp3) is 0.667. The molecule has 9 heavy (non-hydrogen) atoms. The Labute approximate surface area is 114 Å². The molecule has 0 spiro atoms. The number of aliphatic carboxylic acids is 1. The third kappa shape index (κ3) is 13.6. The van der Waals surface area contributed by atoms with Gasteiger partial charge in [0.1, 0.15) is -0.565 Å². The van der Waals surface area contributed by atoms with Crippen molar-refractivity contribution in [3.05, 3.63) is 0 Å². The number of carbonyl (C=O) groups is 1. The maximum Gasteiger partial charge on any atom is 0.306 e. The summed E-state index contributed by atoms with van der Waals surface area (Å²) in [5.41, 5.74) is 0. The van der Waals surface area contributed by atoms with Crippen LogP contribution in [-0.2, 0) is 4.79 Å². The Morgan fingerprint density at radius 1 is 1.44 bits per heavy atom. The van der Waals surface area contributed by atoms with E-state index in [1.807, 2.05) is 0 Å². The number of halogens is 3. The van der Waals surface area contributed by atoms with Gasteiger partial charge in [0.2, 0.25) is 0 Å². The Morgan fingerprint density at radius 3 is 1.78 bits per heavy atom. The second-order valence-corrected chi connectivity index (χ2v) is 12.9. The van der Waals surface area contributed by atoms with Crippen LogP contribution < -0.4 is 0 Å². The van der Waals surface area contributed by atoms with Crippen LogP contribution in [0.25, 0.3) is 0 Å². The number of hydrogen-bond donors (Lipinski definition) is 1. The molecule has 0 aliphatic carbocycles. The molecule has 2 nitrogen and oxygen atoms in total. The van der Waals surface area contributed by atoms with Gasteiger partial charge in [-0.3, -0.25) is 4.79 Å². The Bertz CT molecular complexity index is 99.7. The second kappa shape index (κ2) is 6.14. The van der Waals surface area contributed by atoms with Crippen LogP contribution in [0.3, 0.4) is 0 Å². The second-order valence-electron chi connectivity index (χ2n) is 1.19. The van der Waals surface area contributed by atoms with Gasteiger partial charge in [-0.05, 0) is 0 Å². The molecule has 6 heteroatoms. The molecule has 0 aromatic carbocycles. The van der Waals surface area contributed by atoms with Crippen molar-refractivity contribution < 1.29 is 9.90 Å². The van der Waals surface area contributed by atoms with Crippen LogP contribution in [0.5, 0.6) is 0 Å². The van der Waals surface area contributed by atoms with Crippen molar-refractivity contribution in [2.24, 2.45) is 0 Å². The van der Waals surface area contributed by atoms with Gasteiger partial charge in [0.15, 0.2) is 0 Å². The molecule has 0 atom stereocenters. The zero-order chi connectivity index (χ0) is 6.78. The fourth-order valence-electron chi connectivity index (χ4n) is 0.171. The SMILES string of the molecule is O=C(O)CC(I)(I)I.[Tl]. The number of alkyl halides is 3. The molecule has 0 saturated heterocycles. The van der Waals surface area contributed by atoms with Crippen LogP contribution in [0.2, 0.25) is 0 Å². The van der Waals surface area contributed by atoms with E-state index in [4.69, 9.17) is 5.11 Å². The van der Waals surface area contributed by atoms with Crippen molar-refractivity contribution in [3.8, 4) is 0 Å². The summed E-state index contributed by atoms with van der Waals surface area (Å²) in [5, 5.41) is 8.23. The molecule has 1 radical (unpaired) electrons. The molecule has 0 amide bonds. The van der Waals surface area contributed by atoms with Gasteiger partial charge in [-0.25, -0.2) is 0 Å². The first-order valence-electron chi connectivity index (χ1n) is 1.70. The molecular weight excluding hydrogens is 653 g/mol. The van der Waals surface area contributed by atoms with Crippen molar-refractivity contribution >= 4 is 101 Å². The number of hydrogen-bond acceptors (Lipinski definition) is 1. The standard InChI is InChI=1S/C3H3I3O2.Tl/c4-3(5,6)1-2(7)8;/h1H2,(H,7,8);. The molecule has 1 N–H and O–H groups in total. The van der Waals surface area contributed by atoms with E-state index in [0.29, 0.717) is 0 Å². The Balaban J connectivity index is 0. The molecule has 0 unspecified atom stereocenters. The molecule has 0 aromatic rings. The summed E-state index contributed by atoms with van der Waals surface area (Å²) in [5.74, 6) is -0.747. The van der Waals surface area contributed by atoms with Crippen molar-refractivity contribution in [2.75, 3.05) is 0 Å². The Kier molecular flexibility index (Phi) is 9.63. The minimum Gasteiger partial charge on any atom is -0.481 e. The molecule has 0 saturated carbocycles. The predicted octanol–water partition coefficient (Wildman–Crippen LogP) is 2.04. The van der Waals surface area contributed by atoms with Crippen molar-refractivity contribution in [1.29, 1.82) is 0 Å². The van der Waals surface area contributed by atoms with Gasteiger partial charge < -0.3 is 5.11 Å². The number of carboxylic acids is 1. The van der Waals surface area contributed by atoms with Crippen molar-refractivity contribution in [1.82, 2.24) is 0 Å². The molecule has 0 bridgehead atoms. The van der Waals surface area contributed by atoms with Gasteiger partial charge in [-0.1, -0.05) is 67.8 Å². The van der Waals surface area contributed by atoms with Crippen LogP contribution in [0, 0.1) is 0 Å².